The van der Waals surface area contributed by atoms with Crippen LogP contribution in [0.15, 0.2) is 97.1 Å². The highest BCUT2D eigenvalue weighted by molar-refractivity contribution is 5.53. The van der Waals surface area contributed by atoms with Gasteiger partial charge in [-0.3, -0.25) is 5.73 Å². The fourth-order valence-electron chi connectivity index (χ4n) is 5.07. The first kappa shape index (κ1) is 24.9. The summed E-state index contributed by atoms with van der Waals surface area (Å²) in [4.78, 5) is 0. The maximum atomic E-state index is 11.2. The molecule has 5 heteroatoms. The minimum absolute atomic E-state index is 0.166. The van der Waals surface area contributed by atoms with Gasteiger partial charge < -0.3 is 19.3 Å². The van der Waals surface area contributed by atoms with Crippen LogP contribution in [0.1, 0.15) is 34.2 Å². The maximum absolute atomic E-state index is 11.2. The molecule has 2 unspecified atom stereocenters. The van der Waals surface area contributed by atoms with E-state index in [0.29, 0.717) is 30.9 Å². The third-order valence-electron chi connectivity index (χ3n) is 6.96. The molecule has 0 saturated carbocycles. The smallest absolute Gasteiger partial charge is 0.165 e. The summed E-state index contributed by atoms with van der Waals surface area (Å²) >= 11 is 0. The molecule has 0 aliphatic heterocycles. The van der Waals surface area contributed by atoms with Crippen LogP contribution in [-0.4, -0.2) is 12.2 Å². The molecule has 5 rings (SSSR count). The molecule has 0 aromatic heterocycles. The topological polar surface area (TPSA) is 73.9 Å². The molecule has 5 nitrogen and oxygen atoms in total. The molecule has 37 heavy (non-hydrogen) atoms. The van der Waals surface area contributed by atoms with Crippen LogP contribution in [0.5, 0.6) is 17.2 Å². The average molecular weight is 496 g/mol. The van der Waals surface area contributed by atoms with E-state index in [0.717, 1.165) is 41.0 Å². The lowest BCUT2D eigenvalue weighted by Gasteiger charge is -2.27. The van der Waals surface area contributed by atoms with Crippen molar-refractivity contribution in [3.63, 3.8) is 0 Å². The minimum atomic E-state index is -1.46. The first-order chi connectivity index (χ1) is 18.0. The Hall–Kier alpha value is -3.80. The molecule has 190 valence electrons. The summed E-state index contributed by atoms with van der Waals surface area (Å²) in [7, 11) is 1.61. The van der Waals surface area contributed by atoms with Gasteiger partial charge in [-0.05, 0) is 60.1 Å². The van der Waals surface area contributed by atoms with E-state index in [9.17, 15) is 5.11 Å². The van der Waals surface area contributed by atoms with Crippen molar-refractivity contribution in [2.24, 2.45) is 11.7 Å². The van der Waals surface area contributed by atoms with Crippen molar-refractivity contribution in [1.82, 2.24) is 0 Å². The van der Waals surface area contributed by atoms with Crippen LogP contribution in [-0.2, 0) is 31.8 Å². The number of hydrogen-bond acceptors (Lipinski definition) is 5. The fourth-order valence-corrected chi connectivity index (χ4v) is 5.07. The van der Waals surface area contributed by atoms with E-state index in [1.165, 1.54) is 5.56 Å². The number of fused-ring (bicyclic) bond motifs is 1. The molecule has 4 aromatic rings. The largest absolute Gasteiger partial charge is 0.497 e. The van der Waals surface area contributed by atoms with Crippen molar-refractivity contribution in [2.45, 2.75) is 38.2 Å². The van der Waals surface area contributed by atoms with Gasteiger partial charge in [0.1, 0.15) is 24.7 Å². The Balaban J connectivity index is 1.37. The van der Waals surface area contributed by atoms with Crippen molar-refractivity contribution >= 4 is 0 Å². The number of aliphatic hydroxyl groups is 1. The van der Waals surface area contributed by atoms with Gasteiger partial charge in [-0.2, -0.15) is 0 Å². The van der Waals surface area contributed by atoms with Gasteiger partial charge in [-0.15, -0.1) is 0 Å². The van der Waals surface area contributed by atoms with Crippen molar-refractivity contribution in [2.75, 3.05) is 7.11 Å². The zero-order valence-corrected chi connectivity index (χ0v) is 21.1. The fraction of sp³-hybridized carbons (Fsp3) is 0.250. The highest BCUT2D eigenvalue weighted by Gasteiger charge is 2.34. The Morgan fingerprint density at radius 1 is 0.811 bits per heavy atom. The average Bonchev–Trinajstić information content (AvgIpc) is 3.34. The van der Waals surface area contributed by atoms with Crippen molar-refractivity contribution < 1.29 is 19.3 Å². The molecule has 0 amide bonds. The van der Waals surface area contributed by atoms with Crippen LogP contribution >= 0.6 is 0 Å². The van der Waals surface area contributed by atoms with Gasteiger partial charge in [0.05, 0.1) is 7.11 Å². The van der Waals surface area contributed by atoms with Gasteiger partial charge in [0.2, 0.25) is 0 Å². The molecule has 4 aromatic carbocycles. The van der Waals surface area contributed by atoms with E-state index < -0.39 is 5.72 Å². The van der Waals surface area contributed by atoms with Crippen LogP contribution in [0, 0.1) is 5.92 Å². The van der Waals surface area contributed by atoms with Gasteiger partial charge in [-0.1, -0.05) is 78.9 Å². The molecule has 0 fully saturated rings. The summed E-state index contributed by atoms with van der Waals surface area (Å²) in [6.45, 7) is 0.914. The molecule has 0 spiro atoms. The second-order valence-electron chi connectivity index (χ2n) is 9.71. The zero-order chi connectivity index (χ0) is 25.7. The van der Waals surface area contributed by atoms with Crippen molar-refractivity contribution in [3.8, 4) is 17.2 Å². The Labute approximate surface area is 218 Å². The van der Waals surface area contributed by atoms with Gasteiger partial charge in [0.15, 0.2) is 11.5 Å². The van der Waals surface area contributed by atoms with E-state index in [1.807, 2.05) is 60.7 Å². The third kappa shape index (κ3) is 5.96. The summed E-state index contributed by atoms with van der Waals surface area (Å²) in [5, 5.41) is 11.2. The van der Waals surface area contributed by atoms with Crippen LogP contribution in [0.2, 0.25) is 0 Å². The summed E-state index contributed by atoms with van der Waals surface area (Å²) < 4.78 is 18.0. The Bertz CT molecular complexity index is 1320. The molecular formula is C32H33NO4. The Morgan fingerprint density at radius 3 is 2.16 bits per heavy atom. The molecule has 2 atom stereocenters. The predicted molar refractivity (Wildman–Crippen MR) is 145 cm³/mol. The monoisotopic (exact) mass is 495 g/mol. The maximum Gasteiger partial charge on any atom is 0.165 e. The van der Waals surface area contributed by atoms with E-state index in [4.69, 9.17) is 19.9 Å². The summed E-state index contributed by atoms with van der Waals surface area (Å²) in [6.07, 6.45) is 2.00. The zero-order valence-electron chi connectivity index (χ0n) is 21.1. The van der Waals surface area contributed by atoms with Crippen LogP contribution in [0.25, 0.3) is 0 Å². The molecule has 0 radical (unpaired) electrons. The normalized spacial score (nSPS) is 16.0. The molecule has 3 N–H and O–H groups in total. The molecular weight excluding hydrogens is 462 g/mol. The molecule has 1 aliphatic rings. The number of methoxy groups -OCH3 is 1. The van der Waals surface area contributed by atoms with Gasteiger partial charge in [0.25, 0.3) is 0 Å². The number of hydrogen-bond donors (Lipinski definition) is 2. The van der Waals surface area contributed by atoms with Gasteiger partial charge in [0, 0.05) is 11.1 Å². The van der Waals surface area contributed by atoms with E-state index in [1.54, 1.807) is 13.2 Å². The molecule has 0 saturated heterocycles. The second kappa shape index (κ2) is 11.1. The Kier molecular flexibility index (Phi) is 7.45. The molecule has 0 bridgehead atoms. The number of ether oxygens (including phenoxy) is 3. The Morgan fingerprint density at radius 2 is 1.49 bits per heavy atom. The number of rotatable bonds is 10. The first-order valence-corrected chi connectivity index (χ1v) is 12.7. The van der Waals surface area contributed by atoms with E-state index >= 15 is 0 Å². The quantitative estimate of drug-likeness (QED) is 0.274. The highest BCUT2D eigenvalue weighted by atomic mass is 16.5. The molecule has 0 heterocycles. The lowest BCUT2D eigenvalue weighted by atomic mass is 9.90. The summed E-state index contributed by atoms with van der Waals surface area (Å²) in [6, 6.07) is 31.7. The second-order valence-corrected chi connectivity index (χ2v) is 9.71. The summed E-state index contributed by atoms with van der Waals surface area (Å²) in [5.74, 6) is 2.35. The van der Waals surface area contributed by atoms with Gasteiger partial charge in [-0.25, -0.2) is 0 Å². The van der Waals surface area contributed by atoms with Crippen LogP contribution < -0.4 is 19.9 Å². The summed E-state index contributed by atoms with van der Waals surface area (Å²) in [5.41, 5.74) is 10.2. The predicted octanol–water partition coefficient (Wildman–Crippen LogP) is 5.76. The standard InChI is InChI=1S/C32H33NO4/c1-35-28-14-8-13-27(19-28)32(33,34)20-25-17-26-15-16-30(36-21-23-9-4-2-5-10-23)31(29(26)18-25)37-22-24-11-6-3-7-12-24/h2-16,19,25,34H,17-18,20-22,33H2,1H3. The highest BCUT2D eigenvalue weighted by Crippen LogP contribution is 2.43. The first-order valence-electron chi connectivity index (χ1n) is 12.7. The SMILES string of the molecule is COc1cccc(C(N)(O)CC2Cc3ccc(OCc4ccccc4)c(OCc4ccccc4)c3C2)c1. The van der Waals surface area contributed by atoms with Crippen molar-refractivity contribution in [1.29, 1.82) is 0 Å². The van der Waals surface area contributed by atoms with E-state index in [-0.39, 0.29) is 5.92 Å². The minimum Gasteiger partial charge on any atom is -0.497 e. The van der Waals surface area contributed by atoms with E-state index in [2.05, 4.69) is 30.3 Å². The van der Waals surface area contributed by atoms with Crippen molar-refractivity contribution in [3.05, 3.63) is 125 Å². The lowest BCUT2D eigenvalue weighted by Crippen LogP contribution is -2.38. The third-order valence-corrected chi connectivity index (χ3v) is 6.96. The molecule has 1 aliphatic carbocycles. The van der Waals surface area contributed by atoms with Crippen LogP contribution in [0.3, 0.4) is 0 Å². The van der Waals surface area contributed by atoms with Gasteiger partial charge >= 0.3 is 0 Å². The number of nitrogens with two attached hydrogens (primary N) is 1. The van der Waals surface area contributed by atoms with Crippen LogP contribution in [0.4, 0.5) is 0 Å². The lowest BCUT2D eigenvalue weighted by molar-refractivity contribution is 0.0181. The number of benzene rings is 4.